The molecule has 1 heteroatoms. The third-order valence-electron chi connectivity index (χ3n) is 7.33. The Kier molecular flexibility index (Phi) is 20.1. The van der Waals surface area contributed by atoms with Gasteiger partial charge in [-0.3, -0.25) is 0 Å². The lowest BCUT2D eigenvalue weighted by molar-refractivity contribution is 0.295. The van der Waals surface area contributed by atoms with Crippen LogP contribution in [-0.2, 0) is 6.42 Å². The van der Waals surface area contributed by atoms with Crippen LogP contribution in [0.5, 0.6) is 0 Å². The molecule has 32 heavy (non-hydrogen) atoms. The summed E-state index contributed by atoms with van der Waals surface area (Å²) in [6.07, 6.45) is 27.4. The Bertz CT molecular complexity index is 505. The number of benzene rings is 1. The second-order valence-corrected chi connectivity index (χ2v) is 10.1. The van der Waals surface area contributed by atoms with E-state index >= 15 is 0 Å². The molecule has 0 saturated heterocycles. The first-order valence-corrected chi connectivity index (χ1v) is 14.5. The van der Waals surface area contributed by atoms with Crippen molar-refractivity contribution in [1.29, 1.82) is 0 Å². The average Bonchev–Trinajstić information content (AvgIpc) is 2.81. The fourth-order valence-electron chi connectivity index (χ4n) is 4.91. The first-order chi connectivity index (χ1) is 15.8. The molecule has 0 saturated carbocycles. The van der Waals surface area contributed by atoms with Crippen molar-refractivity contribution in [2.45, 2.75) is 143 Å². The maximum atomic E-state index is 2.55. The van der Waals surface area contributed by atoms with Crippen LogP contribution in [0.2, 0.25) is 0 Å². The summed E-state index contributed by atoms with van der Waals surface area (Å²) in [6, 6.07) is 8.87. The summed E-state index contributed by atoms with van der Waals surface area (Å²) in [6.45, 7) is 10.5. The molecule has 1 aromatic rings. The minimum atomic E-state index is 1.21. The Hall–Kier alpha value is -0.820. The normalized spacial score (nSPS) is 11.5. The van der Waals surface area contributed by atoms with Crippen LogP contribution in [-0.4, -0.2) is 24.5 Å². The lowest BCUT2D eigenvalue weighted by Gasteiger charge is -2.17. The van der Waals surface area contributed by atoms with Gasteiger partial charge < -0.3 is 4.90 Å². The largest absolute Gasteiger partial charge is 0.304 e. The van der Waals surface area contributed by atoms with Crippen LogP contribution in [0.4, 0.5) is 0 Å². The maximum absolute atomic E-state index is 2.55. The molecule has 0 spiro atoms. The van der Waals surface area contributed by atoms with E-state index in [9.17, 15) is 0 Å². The van der Waals surface area contributed by atoms with Crippen LogP contribution in [0, 0.1) is 6.92 Å². The van der Waals surface area contributed by atoms with Gasteiger partial charge in [0.05, 0.1) is 0 Å². The highest BCUT2D eigenvalue weighted by molar-refractivity contribution is 5.25. The standard InChI is InChI=1S/C31H57N/c1-4-32(5-2)29-25-21-19-17-15-13-11-9-7-6-8-10-12-14-16-18-20-22-27-31-28-24-23-26-30(31)3/h23-24,26,28H,4-22,25,27,29H2,1-3H3. The molecule has 1 nitrogen and oxygen atoms in total. The van der Waals surface area contributed by atoms with Gasteiger partial charge in [-0.2, -0.15) is 0 Å². The number of aryl methyl sites for hydroxylation is 2. The fourth-order valence-corrected chi connectivity index (χ4v) is 4.91. The zero-order chi connectivity index (χ0) is 23.1. The van der Waals surface area contributed by atoms with Crippen molar-refractivity contribution >= 4 is 0 Å². The minimum absolute atomic E-state index is 1.21. The monoisotopic (exact) mass is 443 g/mol. The molecule has 0 amide bonds. The van der Waals surface area contributed by atoms with Gasteiger partial charge >= 0.3 is 0 Å². The highest BCUT2D eigenvalue weighted by Crippen LogP contribution is 2.16. The predicted octanol–water partition coefficient (Wildman–Crippen LogP) is 9.90. The van der Waals surface area contributed by atoms with Crippen LogP contribution in [0.1, 0.15) is 141 Å². The molecule has 1 rings (SSSR count). The Balaban J connectivity index is 1.71. The van der Waals surface area contributed by atoms with E-state index in [-0.39, 0.29) is 0 Å². The SMILES string of the molecule is CCN(CC)CCCCCCCCCCCCCCCCCCCCc1ccccc1C. The highest BCUT2D eigenvalue weighted by atomic mass is 15.1. The predicted molar refractivity (Wildman–Crippen MR) is 146 cm³/mol. The van der Waals surface area contributed by atoms with Gasteiger partial charge in [0.25, 0.3) is 0 Å². The molecule has 0 heterocycles. The van der Waals surface area contributed by atoms with E-state index in [1.165, 1.54) is 147 Å². The number of hydrogen-bond donors (Lipinski definition) is 0. The number of unbranched alkanes of at least 4 members (excludes halogenated alkanes) is 17. The summed E-state index contributed by atoms with van der Waals surface area (Å²) in [5.41, 5.74) is 3.01. The van der Waals surface area contributed by atoms with Crippen LogP contribution >= 0.6 is 0 Å². The van der Waals surface area contributed by atoms with Crippen molar-refractivity contribution in [2.24, 2.45) is 0 Å². The summed E-state index contributed by atoms with van der Waals surface area (Å²) >= 11 is 0. The van der Waals surface area contributed by atoms with Gasteiger partial charge in [0.2, 0.25) is 0 Å². The van der Waals surface area contributed by atoms with Crippen molar-refractivity contribution in [3.8, 4) is 0 Å². The van der Waals surface area contributed by atoms with Gasteiger partial charge in [0.15, 0.2) is 0 Å². The van der Waals surface area contributed by atoms with Crippen LogP contribution < -0.4 is 0 Å². The van der Waals surface area contributed by atoms with E-state index in [0.717, 1.165) is 0 Å². The van der Waals surface area contributed by atoms with Gasteiger partial charge in [-0.1, -0.05) is 141 Å². The molecule has 0 aliphatic heterocycles. The van der Waals surface area contributed by atoms with Crippen molar-refractivity contribution in [3.05, 3.63) is 35.4 Å². The zero-order valence-corrected chi connectivity index (χ0v) is 22.3. The second-order valence-electron chi connectivity index (χ2n) is 10.1. The molecule has 0 unspecified atom stereocenters. The van der Waals surface area contributed by atoms with E-state index in [2.05, 4.69) is 49.9 Å². The summed E-state index contributed by atoms with van der Waals surface area (Å²) in [7, 11) is 0. The van der Waals surface area contributed by atoms with E-state index in [4.69, 9.17) is 0 Å². The Morgan fingerprint density at radius 3 is 1.28 bits per heavy atom. The van der Waals surface area contributed by atoms with Crippen LogP contribution in [0.25, 0.3) is 0 Å². The van der Waals surface area contributed by atoms with Crippen molar-refractivity contribution in [1.82, 2.24) is 4.90 Å². The molecule has 0 aliphatic carbocycles. The van der Waals surface area contributed by atoms with Gasteiger partial charge in [0.1, 0.15) is 0 Å². The molecular formula is C31H57N. The van der Waals surface area contributed by atoms with Crippen molar-refractivity contribution in [2.75, 3.05) is 19.6 Å². The third-order valence-corrected chi connectivity index (χ3v) is 7.33. The van der Waals surface area contributed by atoms with E-state index < -0.39 is 0 Å². The lowest BCUT2D eigenvalue weighted by atomic mass is 10.0. The van der Waals surface area contributed by atoms with Crippen molar-refractivity contribution in [3.63, 3.8) is 0 Å². The van der Waals surface area contributed by atoms with Gasteiger partial charge in [-0.25, -0.2) is 0 Å². The van der Waals surface area contributed by atoms with Gasteiger partial charge in [-0.05, 0) is 56.9 Å². The second kappa shape index (κ2) is 22.0. The number of hydrogen-bond acceptors (Lipinski definition) is 1. The Labute approximate surface area is 202 Å². The molecule has 0 aromatic heterocycles. The smallest absolute Gasteiger partial charge is 0.00190 e. The third kappa shape index (κ3) is 16.8. The van der Waals surface area contributed by atoms with Gasteiger partial charge in [-0.15, -0.1) is 0 Å². The van der Waals surface area contributed by atoms with E-state index in [1.807, 2.05) is 0 Å². The minimum Gasteiger partial charge on any atom is -0.304 e. The zero-order valence-electron chi connectivity index (χ0n) is 22.3. The van der Waals surface area contributed by atoms with Crippen LogP contribution in [0.3, 0.4) is 0 Å². The molecule has 0 N–H and O–H groups in total. The Morgan fingerprint density at radius 1 is 0.500 bits per heavy atom. The molecule has 186 valence electrons. The average molecular weight is 444 g/mol. The summed E-state index contributed by atoms with van der Waals surface area (Å²) in [5, 5.41) is 0. The molecule has 0 radical (unpaired) electrons. The summed E-state index contributed by atoms with van der Waals surface area (Å²) < 4.78 is 0. The first-order valence-electron chi connectivity index (χ1n) is 14.5. The van der Waals surface area contributed by atoms with Crippen LogP contribution in [0.15, 0.2) is 24.3 Å². The topological polar surface area (TPSA) is 3.24 Å². The number of nitrogens with zero attached hydrogens (tertiary/aromatic N) is 1. The highest BCUT2D eigenvalue weighted by Gasteiger charge is 1.99. The Morgan fingerprint density at radius 2 is 0.875 bits per heavy atom. The molecule has 0 bridgehead atoms. The van der Waals surface area contributed by atoms with Gasteiger partial charge in [0, 0.05) is 0 Å². The quantitative estimate of drug-likeness (QED) is 0.152. The molecule has 0 atom stereocenters. The molecular weight excluding hydrogens is 386 g/mol. The summed E-state index contributed by atoms with van der Waals surface area (Å²) in [4.78, 5) is 2.55. The van der Waals surface area contributed by atoms with E-state index in [1.54, 1.807) is 5.56 Å². The fraction of sp³-hybridized carbons (Fsp3) is 0.806. The van der Waals surface area contributed by atoms with Crippen molar-refractivity contribution < 1.29 is 0 Å². The maximum Gasteiger partial charge on any atom is -0.00190 e. The first kappa shape index (κ1) is 29.2. The molecule has 0 fully saturated rings. The molecule has 0 aliphatic rings. The van der Waals surface area contributed by atoms with E-state index in [0.29, 0.717) is 0 Å². The molecule has 1 aromatic carbocycles. The summed E-state index contributed by atoms with van der Waals surface area (Å²) in [5.74, 6) is 0. The lowest BCUT2D eigenvalue weighted by Crippen LogP contribution is -2.23. The number of rotatable bonds is 23.